The smallest absolute Gasteiger partial charge is 0.223 e. The lowest BCUT2D eigenvalue weighted by Gasteiger charge is -2.36. The summed E-state index contributed by atoms with van der Waals surface area (Å²) in [5.74, 6) is 1.83. The zero-order chi connectivity index (χ0) is 24.2. The Hall–Kier alpha value is -3.32. The summed E-state index contributed by atoms with van der Waals surface area (Å²) in [4.78, 5) is 19.9. The molecule has 5 rings (SSSR count). The van der Waals surface area contributed by atoms with Gasteiger partial charge in [0.1, 0.15) is 18.1 Å². The van der Waals surface area contributed by atoms with Crippen LogP contribution in [0.1, 0.15) is 34.6 Å². The number of para-hydroxylation sites is 1. The van der Waals surface area contributed by atoms with Gasteiger partial charge in [-0.1, -0.05) is 29.4 Å². The van der Waals surface area contributed by atoms with E-state index in [4.69, 9.17) is 9.26 Å². The molecular weight excluding hydrogens is 440 g/mol. The Morgan fingerprint density at radius 3 is 2.54 bits per heavy atom. The van der Waals surface area contributed by atoms with Crippen molar-refractivity contribution in [3.05, 3.63) is 76.7 Å². The SMILES string of the molecule is Cc1noc(C)c1CCC(=O)N1CCOc2ccc(CN3CCN(c4ccccc4)CC3)cc2C1. The number of benzene rings is 2. The van der Waals surface area contributed by atoms with E-state index in [9.17, 15) is 4.79 Å². The van der Waals surface area contributed by atoms with Crippen LogP contribution in [0.15, 0.2) is 53.1 Å². The van der Waals surface area contributed by atoms with Crippen molar-refractivity contribution in [2.45, 2.75) is 39.8 Å². The molecule has 0 atom stereocenters. The Kier molecular flexibility index (Phi) is 7.04. The highest BCUT2D eigenvalue weighted by molar-refractivity contribution is 5.76. The van der Waals surface area contributed by atoms with Crippen LogP contribution >= 0.6 is 0 Å². The number of amides is 1. The third kappa shape index (κ3) is 5.51. The summed E-state index contributed by atoms with van der Waals surface area (Å²) in [6.07, 6.45) is 1.10. The molecule has 184 valence electrons. The van der Waals surface area contributed by atoms with Gasteiger partial charge in [0, 0.05) is 62.5 Å². The van der Waals surface area contributed by atoms with E-state index in [1.54, 1.807) is 0 Å². The number of carbonyl (C=O) groups is 1. The van der Waals surface area contributed by atoms with Gasteiger partial charge < -0.3 is 19.1 Å². The molecule has 0 bridgehead atoms. The standard InChI is InChI=1S/C28H34N4O3/c1-21-26(22(2)35-29-21)9-11-28(33)32-16-17-34-27-10-8-23(18-24(27)20-32)19-30-12-14-31(15-13-30)25-6-4-3-5-7-25/h3-8,10,18H,9,11-17,19-20H2,1-2H3. The number of carbonyl (C=O) groups excluding carboxylic acids is 1. The van der Waals surface area contributed by atoms with Crippen molar-refractivity contribution >= 4 is 11.6 Å². The molecule has 1 saturated heterocycles. The van der Waals surface area contributed by atoms with Gasteiger partial charge in [-0.25, -0.2) is 0 Å². The molecule has 0 unspecified atom stereocenters. The van der Waals surface area contributed by atoms with E-state index in [-0.39, 0.29) is 5.91 Å². The highest BCUT2D eigenvalue weighted by Crippen LogP contribution is 2.26. The van der Waals surface area contributed by atoms with E-state index in [1.165, 1.54) is 11.3 Å². The zero-order valence-electron chi connectivity index (χ0n) is 20.7. The van der Waals surface area contributed by atoms with Crippen LogP contribution in [0.25, 0.3) is 0 Å². The first kappa shape index (κ1) is 23.4. The largest absolute Gasteiger partial charge is 0.491 e. The van der Waals surface area contributed by atoms with Crippen LogP contribution in [0.2, 0.25) is 0 Å². The lowest BCUT2D eigenvalue weighted by Crippen LogP contribution is -2.45. The van der Waals surface area contributed by atoms with E-state index in [1.807, 2.05) is 18.7 Å². The molecular formula is C28H34N4O3. The monoisotopic (exact) mass is 474 g/mol. The molecule has 1 fully saturated rings. The first-order valence-corrected chi connectivity index (χ1v) is 12.5. The molecule has 7 heteroatoms. The number of hydrogen-bond donors (Lipinski definition) is 0. The number of aryl methyl sites for hydroxylation is 2. The summed E-state index contributed by atoms with van der Waals surface area (Å²) in [6, 6.07) is 17.1. The molecule has 0 radical (unpaired) electrons. The van der Waals surface area contributed by atoms with Gasteiger partial charge in [-0.2, -0.15) is 0 Å². The van der Waals surface area contributed by atoms with Gasteiger partial charge >= 0.3 is 0 Å². The normalized spacial score (nSPS) is 16.5. The Morgan fingerprint density at radius 2 is 1.80 bits per heavy atom. The lowest BCUT2D eigenvalue weighted by molar-refractivity contribution is -0.131. The molecule has 3 aromatic rings. The predicted octanol–water partition coefficient (Wildman–Crippen LogP) is 3.97. The molecule has 0 saturated carbocycles. The summed E-state index contributed by atoms with van der Waals surface area (Å²) in [5, 5.41) is 4.00. The van der Waals surface area contributed by atoms with E-state index < -0.39 is 0 Å². The average molecular weight is 475 g/mol. The Balaban J connectivity index is 1.18. The molecule has 7 nitrogen and oxygen atoms in total. The van der Waals surface area contributed by atoms with Crippen LogP contribution < -0.4 is 9.64 Å². The number of rotatable bonds is 6. The Labute approximate surface area is 207 Å². The molecule has 2 aliphatic heterocycles. The van der Waals surface area contributed by atoms with Crippen molar-refractivity contribution in [1.29, 1.82) is 0 Å². The van der Waals surface area contributed by atoms with Crippen LogP contribution in [-0.4, -0.2) is 60.2 Å². The molecule has 1 aromatic heterocycles. The number of ether oxygens (including phenoxy) is 1. The van der Waals surface area contributed by atoms with Crippen molar-refractivity contribution < 1.29 is 14.1 Å². The Bertz CT molecular complexity index is 1130. The minimum atomic E-state index is 0.142. The predicted molar refractivity (Wildman–Crippen MR) is 136 cm³/mol. The van der Waals surface area contributed by atoms with Crippen LogP contribution in [0, 0.1) is 13.8 Å². The van der Waals surface area contributed by atoms with Crippen LogP contribution in [0.3, 0.4) is 0 Å². The van der Waals surface area contributed by atoms with Gasteiger partial charge in [0.15, 0.2) is 0 Å². The Morgan fingerprint density at radius 1 is 1.00 bits per heavy atom. The lowest BCUT2D eigenvalue weighted by atomic mass is 10.1. The van der Waals surface area contributed by atoms with Crippen molar-refractivity contribution in [3.8, 4) is 5.75 Å². The first-order valence-electron chi connectivity index (χ1n) is 12.5. The van der Waals surface area contributed by atoms with Gasteiger partial charge in [-0.05, 0) is 50.1 Å². The number of nitrogens with zero attached hydrogens (tertiary/aromatic N) is 4. The van der Waals surface area contributed by atoms with E-state index in [2.05, 4.69) is 63.5 Å². The summed E-state index contributed by atoms with van der Waals surface area (Å²) in [5.41, 5.74) is 5.57. The number of anilines is 1. The van der Waals surface area contributed by atoms with E-state index in [0.29, 0.717) is 32.5 Å². The molecule has 0 N–H and O–H groups in total. The van der Waals surface area contributed by atoms with Gasteiger partial charge in [-0.15, -0.1) is 0 Å². The number of piperazine rings is 1. The van der Waals surface area contributed by atoms with Crippen LogP contribution in [-0.2, 0) is 24.3 Å². The summed E-state index contributed by atoms with van der Waals surface area (Å²) in [7, 11) is 0. The maximum atomic E-state index is 13.0. The van der Waals surface area contributed by atoms with Gasteiger partial charge in [0.05, 0.1) is 12.2 Å². The topological polar surface area (TPSA) is 62.1 Å². The van der Waals surface area contributed by atoms with Crippen molar-refractivity contribution in [1.82, 2.24) is 15.0 Å². The maximum Gasteiger partial charge on any atom is 0.223 e. The fourth-order valence-corrected chi connectivity index (χ4v) is 5.07. The minimum Gasteiger partial charge on any atom is -0.491 e. The molecule has 3 heterocycles. The number of aromatic nitrogens is 1. The number of hydrogen-bond acceptors (Lipinski definition) is 6. The molecule has 2 aromatic carbocycles. The van der Waals surface area contributed by atoms with E-state index >= 15 is 0 Å². The second-order valence-corrected chi connectivity index (χ2v) is 9.51. The second-order valence-electron chi connectivity index (χ2n) is 9.51. The number of fused-ring (bicyclic) bond motifs is 1. The third-order valence-corrected chi connectivity index (χ3v) is 7.13. The van der Waals surface area contributed by atoms with Gasteiger partial charge in [-0.3, -0.25) is 9.69 Å². The molecule has 0 spiro atoms. The summed E-state index contributed by atoms with van der Waals surface area (Å²) < 4.78 is 11.2. The maximum absolute atomic E-state index is 13.0. The van der Waals surface area contributed by atoms with Crippen LogP contribution in [0.5, 0.6) is 5.75 Å². The molecule has 2 aliphatic rings. The zero-order valence-corrected chi connectivity index (χ0v) is 20.7. The van der Waals surface area contributed by atoms with Crippen molar-refractivity contribution in [2.75, 3.05) is 44.2 Å². The minimum absolute atomic E-state index is 0.142. The van der Waals surface area contributed by atoms with Gasteiger partial charge in [0.2, 0.25) is 5.91 Å². The van der Waals surface area contributed by atoms with E-state index in [0.717, 1.165) is 61.1 Å². The second kappa shape index (κ2) is 10.5. The fourth-order valence-electron chi connectivity index (χ4n) is 5.07. The summed E-state index contributed by atoms with van der Waals surface area (Å²) in [6.45, 7) is 10.6. The highest BCUT2D eigenvalue weighted by Gasteiger charge is 2.22. The molecule has 35 heavy (non-hydrogen) atoms. The fraction of sp³-hybridized carbons (Fsp3) is 0.429. The summed E-state index contributed by atoms with van der Waals surface area (Å²) >= 11 is 0. The molecule has 1 amide bonds. The van der Waals surface area contributed by atoms with Crippen molar-refractivity contribution in [2.24, 2.45) is 0 Å². The molecule has 0 aliphatic carbocycles. The highest BCUT2D eigenvalue weighted by atomic mass is 16.5. The average Bonchev–Trinajstić information content (AvgIpc) is 3.07. The first-order chi connectivity index (χ1) is 17.1. The van der Waals surface area contributed by atoms with Crippen molar-refractivity contribution in [3.63, 3.8) is 0 Å². The third-order valence-electron chi connectivity index (χ3n) is 7.13. The quantitative estimate of drug-likeness (QED) is 0.539. The van der Waals surface area contributed by atoms with Gasteiger partial charge in [0.25, 0.3) is 0 Å². The van der Waals surface area contributed by atoms with Crippen LogP contribution in [0.4, 0.5) is 5.69 Å².